The van der Waals surface area contributed by atoms with Crippen LogP contribution in [-0.2, 0) is 12.3 Å². The van der Waals surface area contributed by atoms with E-state index < -0.39 is 0 Å². The van der Waals surface area contributed by atoms with Gasteiger partial charge in [0.15, 0.2) is 0 Å². The van der Waals surface area contributed by atoms with Gasteiger partial charge in [-0.25, -0.2) is 0 Å². The van der Waals surface area contributed by atoms with Crippen LogP contribution in [0.5, 0.6) is 0 Å². The summed E-state index contributed by atoms with van der Waals surface area (Å²) >= 11 is 0. The van der Waals surface area contributed by atoms with Gasteiger partial charge in [-0.15, -0.1) is 0 Å². The van der Waals surface area contributed by atoms with Crippen LogP contribution in [-0.4, -0.2) is 12.3 Å². The molecular formula is C29H30P2. The van der Waals surface area contributed by atoms with E-state index in [4.69, 9.17) is 0 Å². The maximum atomic E-state index is 2.33. The lowest BCUT2D eigenvalue weighted by Crippen LogP contribution is -2.09. The van der Waals surface area contributed by atoms with Crippen molar-refractivity contribution in [2.75, 3.05) is 12.3 Å². The summed E-state index contributed by atoms with van der Waals surface area (Å²) < 4.78 is 0. The molecule has 0 radical (unpaired) electrons. The van der Waals surface area contributed by atoms with Crippen molar-refractivity contribution in [1.29, 1.82) is 0 Å². The third-order valence-corrected chi connectivity index (χ3v) is 10.8. The lowest BCUT2D eigenvalue weighted by Gasteiger charge is -2.22. The molecule has 4 rings (SSSR count). The van der Waals surface area contributed by atoms with E-state index in [1.807, 2.05) is 0 Å². The van der Waals surface area contributed by atoms with E-state index in [-0.39, 0.29) is 15.8 Å². The second kappa shape index (κ2) is 12.0. The van der Waals surface area contributed by atoms with E-state index in [0.29, 0.717) is 0 Å². The molecule has 2 heteroatoms. The Morgan fingerprint density at radius 3 is 1.06 bits per heavy atom. The first-order valence-electron chi connectivity index (χ1n) is 11.1. The molecule has 2 atom stereocenters. The van der Waals surface area contributed by atoms with Gasteiger partial charge < -0.3 is 0 Å². The van der Waals surface area contributed by atoms with Crippen LogP contribution in [0.4, 0.5) is 0 Å². The van der Waals surface area contributed by atoms with Crippen molar-refractivity contribution >= 4 is 26.5 Å². The monoisotopic (exact) mass is 440 g/mol. The van der Waals surface area contributed by atoms with Crippen LogP contribution in [0.3, 0.4) is 0 Å². The molecule has 0 unspecified atom stereocenters. The van der Waals surface area contributed by atoms with Gasteiger partial charge in [0.2, 0.25) is 0 Å². The minimum absolute atomic E-state index is 0.181. The van der Waals surface area contributed by atoms with Crippen molar-refractivity contribution in [3.63, 3.8) is 0 Å². The van der Waals surface area contributed by atoms with Crippen LogP contribution in [0.1, 0.15) is 17.5 Å². The van der Waals surface area contributed by atoms with Gasteiger partial charge in [-0.3, -0.25) is 0 Å². The largest absolute Gasteiger partial charge is 0.0708 e. The third-order valence-electron chi connectivity index (χ3n) is 5.53. The fraction of sp³-hybridized carbons (Fsp3) is 0.172. The van der Waals surface area contributed by atoms with Gasteiger partial charge in [0.25, 0.3) is 0 Å². The molecule has 0 aliphatic carbocycles. The van der Waals surface area contributed by atoms with Crippen molar-refractivity contribution in [3.05, 3.63) is 132 Å². The van der Waals surface area contributed by atoms with Gasteiger partial charge in [0.05, 0.1) is 0 Å². The van der Waals surface area contributed by atoms with E-state index in [0.717, 1.165) is 0 Å². The van der Waals surface area contributed by atoms with Crippen LogP contribution < -0.4 is 10.6 Å². The van der Waals surface area contributed by atoms with Crippen molar-refractivity contribution in [1.82, 2.24) is 0 Å². The van der Waals surface area contributed by atoms with E-state index in [9.17, 15) is 0 Å². The highest BCUT2D eigenvalue weighted by atomic mass is 31.1. The average Bonchev–Trinajstić information content (AvgIpc) is 2.85. The third kappa shape index (κ3) is 6.87. The lowest BCUT2D eigenvalue weighted by molar-refractivity contribution is 1.09. The molecule has 156 valence electrons. The van der Waals surface area contributed by atoms with E-state index in [1.54, 1.807) is 0 Å². The predicted octanol–water partition coefficient (Wildman–Crippen LogP) is 7.39. The summed E-state index contributed by atoms with van der Waals surface area (Å²) in [4.78, 5) is 0. The molecule has 0 amide bonds. The quantitative estimate of drug-likeness (QED) is 0.226. The molecule has 0 bridgehead atoms. The van der Waals surface area contributed by atoms with Gasteiger partial charge >= 0.3 is 0 Å². The van der Waals surface area contributed by atoms with Gasteiger partial charge in [0, 0.05) is 0 Å². The zero-order valence-corrected chi connectivity index (χ0v) is 19.8. The lowest BCUT2D eigenvalue weighted by atomic mass is 10.2. The van der Waals surface area contributed by atoms with E-state index >= 15 is 0 Å². The van der Waals surface area contributed by atoms with Crippen LogP contribution >= 0.6 is 15.8 Å². The van der Waals surface area contributed by atoms with Gasteiger partial charge in [0.1, 0.15) is 0 Å². The van der Waals surface area contributed by atoms with Crippen molar-refractivity contribution in [2.24, 2.45) is 0 Å². The number of hydrogen-bond donors (Lipinski definition) is 0. The minimum atomic E-state index is -0.181. The standard InChI is InChI=1S/C29H30P2/c1-5-14-26(15-6-1)24-30(28-18-9-3-10-19-28)22-13-23-31(29-20-11-4-12-21-29)25-27-16-7-2-8-17-27/h1-12,14-21H,13,22-25H2/t30-,31-/m1/s1. The smallest absolute Gasteiger partial charge is 0.00328 e. The SMILES string of the molecule is c1ccc(C[P@@](CCC[P@](Cc2ccccc2)c2ccccc2)c2ccccc2)cc1. The summed E-state index contributed by atoms with van der Waals surface area (Å²) in [5.41, 5.74) is 2.93. The summed E-state index contributed by atoms with van der Waals surface area (Å²) in [5, 5.41) is 3.07. The first kappa shape index (κ1) is 22.0. The molecule has 0 saturated heterocycles. The molecule has 31 heavy (non-hydrogen) atoms. The highest BCUT2D eigenvalue weighted by Gasteiger charge is 2.15. The maximum Gasteiger partial charge on any atom is -0.00328 e. The summed E-state index contributed by atoms with van der Waals surface area (Å²) in [7, 11) is -0.361. The Labute approximate surface area is 189 Å². The molecule has 0 saturated carbocycles. The molecular weight excluding hydrogens is 410 g/mol. The van der Waals surface area contributed by atoms with Gasteiger partial charge in [-0.2, -0.15) is 0 Å². The zero-order chi connectivity index (χ0) is 21.1. The Morgan fingerprint density at radius 1 is 0.387 bits per heavy atom. The molecule has 0 aliphatic rings. The van der Waals surface area contributed by atoms with Crippen LogP contribution in [0, 0.1) is 0 Å². The summed E-state index contributed by atoms with van der Waals surface area (Å²) in [6, 6.07) is 44.4. The van der Waals surface area contributed by atoms with Crippen molar-refractivity contribution < 1.29 is 0 Å². The highest BCUT2D eigenvalue weighted by Crippen LogP contribution is 2.44. The fourth-order valence-electron chi connectivity index (χ4n) is 3.94. The highest BCUT2D eigenvalue weighted by molar-refractivity contribution is 7.65. The molecule has 0 nitrogen and oxygen atoms in total. The number of rotatable bonds is 10. The first-order valence-corrected chi connectivity index (χ1v) is 14.5. The number of benzene rings is 4. The normalized spacial score (nSPS) is 12.9. The van der Waals surface area contributed by atoms with Gasteiger partial charge in [-0.1, -0.05) is 137 Å². The topological polar surface area (TPSA) is 0 Å². The summed E-state index contributed by atoms with van der Waals surface area (Å²) in [6.45, 7) is 0. The zero-order valence-electron chi connectivity index (χ0n) is 18.0. The number of hydrogen-bond acceptors (Lipinski definition) is 0. The molecule has 0 aliphatic heterocycles. The van der Waals surface area contributed by atoms with Crippen LogP contribution in [0.15, 0.2) is 121 Å². The molecule has 0 fully saturated rings. The average molecular weight is 441 g/mol. The van der Waals surface area contributed by atoms with Crippen molar-refractivity contribution in [3.8, 4) is 0 Å². The molecule has 4 aromatic rings. The Hall–Kier alpha value is -2.26. The van der Waals surface area contributed by atoms with E-state index in [2.05, 4.69) is 121 Å². The predicted molar refractivity (Wildman–Crippen MR) is 141 cm³/mol. The van der Waals surface area contributed by atoms with Crippen LogP contribution in [0.25, 0.3) is 0 Å². The Bertz CT molecular complexity index is 917. The Morgan fingerprint density at radius 2 is 0.710 bits per heavy atom. The Kier molecular flexibility index (Phi) is 8.46. The molecule has 4 aromatic carbocycles. The van der Waals surface area contributed by atoms with Crippen molar-refractivity contribution in [2.45, 2.75) is 18.7 Å². The summed E-state index contributed by atoms with van der Waals surface area (Å²) in [5.74, 6) is 0. The molecule has 0 aromatic heterocycles. The van der Waals surface area contributed by atoms with E-state index in [1.165, 1.54) is 52.8 Å². The summed E-state index contributed by atoms with van der Waals surface area (Å²) in [6.07, 6.45) is 6.26. The second-order valence-electron chi connectivity index (χ2n) is 7.84. The maximum absolute atomic E-state index is 2.33. The van der Waals surface area contributed by atoms with Crippen LogP contribution in [0.2, 0.25) is 0 Å². The molecule has 0 heterocycles. The first-order chi connectivity index (χ1) is 15.4. The fourth-order valence-corrected chi connectivity index (χ4v) is 8.95. The molecule has 0 spiro atoms. The Balaban J connectivity index is 1.45. The second-order valence-corrected chi connectivity index (χ2v) is 12.6. The molecule has 0 N–H and O–H groups in total. The minimum Gasteiger partial charge on any atom is -0.0708 e. The van der Waals surface area contributed by atoms with Gasteiger partial charge in [-0.05, 0) is 52.8 Å².